The van der Waals surface area contributed by atoms with Crippen molar-refractivity contribution in [2.24, 2.45) is 0 Å². The van der Waals surface area contributed by atoms with Gasteiger partial charge in [-0.1, -0.05) is 23.9 Å². The summed E-state index contributed by atoms with van der Waals surface area (Å²) in [5.41, 5.74) is 0.174. The third-order valence-electron chi connectivity index (χ3n) is 2.37. The number of amides is 1. The minimum Gasteiger partial charge on any atom is -0.324 e. The number of carbonyl (C=O) groups excluding carboxylic acids is 1. The molecule has 0 spiro atoms. The van der Waals surface area contributed by atoms with Crippen LogP contribution in [-0.4, -0.2) is 31.6 Å². The molecular formula is C11H13F2NO3S2. The Hall–Kier alpha value is -1.15. The van der Waals surface area contributed by atoms with Crippen LogP contribution in [0.2, 0.25) is 0 Å². The molecule has 4 nitrogen and oxygen atoms in total. The fourth-order valence-electron chi connectivity index (χ4n) is 1.20. The SMILES string of the molecule is C[C@H](C(=O)Nc1ccccc1SC(F)F)S(C)(=O)=O. The van der Waals surface area contributed by atoms with Gasteiger partial charge >= 0.3 is 0 Å². The second-order valence-corrected chi connectivity index (χ2v) is 7.23. The monoisotopic (exact) mass is 309 g/mol. The fourth-order valence-corrected chi connectivity index (χ4v) is 2.24. The van der Waals surface area contributed by atoms with Gasteiger partial charge in [-0.15, -0.1) is 0 Å². The molecule has 1 amide bonds. The average Bonchev–Trinajstić information content (AvgIpc) is 2.28. The minimum absolute atomic E-state index is 0.174. The number of halogens is 2. The maximum atomic E-state index is 12.3. The Morgan fingerprint density at radius 1 is 1.32 bits per heavy atom. The van der Waals surface area contributed by atoms with Gasteiger partial charge < -0.3 is 5.32 Å². The molecule has 0 unspecified atom stereocenters. The summed E-state index contributed by atoms with van der Waals surface area (Å²) >= 11 is 0.289. The zero-order chi connectivity index (χ0) is 14.6. The molecule has 106 valence electrons. The van der Waals surface area contributed by atoms with Crippen LogP contribution in [0, 0.1) is 0 Å². The van der Waals surface area contributed by atoms with E-state index in [1.807, 2.05) is 0 Å². The lowest BCUT2D eigenvalue weighted by atomic mass is 10.3. The molecule has 0 radical (unpaired) electrons. The molecule has 0 saturated carbocycles. The van der Waals surface area contributed by atoms with Crippen LogP contribution < -0.4 is 5.32 Å². The number of hydrogen-bond acceptors (Lipinski definition) is 4. The van der Waals surface area contributed by atoms with Crippen molar-refractivity contribution < 1.29 is 22.0 Å². The summed E-state index contributed by atoms with van der Waals surface area (Å²) in [4.78, 5) is 11.9. The van der Waals surface area contributed by atoms with E-state index in [-0.39, 0.29) is 22.3 Å². The van der Waals surface area contributed by atoms with Crippen molar-refractivity contribution in [2.75, 3.05) is 11.6 Å². The van der Waals surface area contributed by atoms with Crippen LogP contribution in [0.5, 0.6) is 0 Å². The van der Waals surface area contributed by atoms with Crippen LogP contribution >= 0.6 is 11.8 Å². The summed E-state index contributed by atoms with van der Waals surface area (Å²) in [5, 5.41) is 1.11. The number of benzene rings is 1. The van der Waals surface area contributed by atoms with Crippen LogP contribution in [0.1, 0.15) is 6.92 Å². The largest absolute Gasteiger partial charge is 0.324 e. The highest BCUT2D eigenvalue weighted by atomic mass is 32.2. The number of alkyl halides is 2. The van der Waals surface area contributed by atoms with Gasteiger partial charge in [-0.25, -0.2) is 8.42 Å². The van der Waals surface area contributed by atoms with E-state index in [1.165, 1.54) is 19.1 Å². The van der Waals surface area contributed by atoms with Gasteiger partial charge in [0.2, 0.25) is 5.91 Å². The molecule has 0 aliphatic heterocycles. The first-order valence-corrected chi connectivity index (χ1v) is 8.09. The van der Waals surface area contributed by atoms with Crippen molar-refractivity contribution in [2.45, 2.75) is 22.8 Å². The lowest BCUT2D eigenvalue weighted by molar-refractivity contribution is -0.115. The van der Waals surface area contributed by atoms with E-state index in [0.717, 1.165) is 6.26 Å². The van der Waals surface area contributed by atoms with Crippen molar-refractivity contribution >= 4 is 33.2 Å². The van der Waals surface area contributed by atoms with Gasteiger partial charge in [0.05, 0.1) is 5.69 Å². The highest BCUT2D eigenvalue weighted by Crippen LogP contribution is 2.31. The summed E-state index contributed by atoms with van der Waals surface area (Å²) in [5.74, 6) is -3.37. The van der Waals surface area contributed by atoms with Crippen molar-refractivity contribution in [3.8, 4) is 0 Å². The molecule has 0 bridgehead atoms. The molecule has 0 fully saturated rings. The van der Waals surface area contributed by atoms with E-state index in [1.54, 1.807) is 12.1 Å². The van der Waals surface area contributed by atoms with Gasteiger partial charge in [-0.2, -0.15) is 8.78 Å². The Balaban J connectivity index is 2.91. The van der Waals surface area contributed by atoms with Gasteiger partial charge in [-0.3, -0.25) is 4.79 Å². The van der Waals surface area contributed by atoms with Crippen molar-refractivity contribution in [1.82, 2.24) is 0 Å². The van der Waals surface area contributed by atoms with E-state index < -0.39 is 26.8 Å². The predicted octanol–water partition coefficient (Wildman–Crippen LogP) is 2.37. The maximum absolute atomic E-state index is 12.3. The third kappa shape index (κ3) is 4.79. The quantitative estimate of drug-likeness (QED) is 0.848. The van der Waals surface area contributed by atoms with Gasteiger partial charge in [0.1, 0.15) is 5.25 Å². The highest BCUT2D eigenvalue weighted by Gasteiger charge is 2.24. The topological polar surface area (TPSA) is 63.2 Å². The zero-order valence-electron chi connectivity index (χ0n) is 10.3. The first-order valence-electron chi connectivity index (χ1n) is 5.25. The number of para-hydroxylation sites is 1. The molecule has 0 aliphatic carbocycles. The number of sulfone groups is 1. The molecular weight excluding hydrogens is 296 g/mol. The molecule has 8 heteroatoms. The number of nitrogens with one attached hydrogen (secondary N) is 1. The fraction of sp³-hybridized carbons (Fsp3) is 0.364. The highest BCUT2D eigenvalue weighted by molar-refractivity contribution is 7.99. The van der Waals surface area contributed by atoms with E-state index in [2.05, 4.69) is 5.32 Å². The molecule has 19 heavy (non-hydrogen) atoms. The van der Waals surface area contributed by atoms with E-state index >= 15 is 0 Å². The lowest BCUT2D eigenvalue weighted by Gasteiger charge is -2.13. The molecule has 1 atom stereocenters. The van der Waals surface area contributed by atoms with E-state index in [4.69, 9.17) is 0 Å². The van der Waals surface area contributed by atoms with Crippen LogP contribution in [0.25, 0.3) is 0 Å². The van der Waals surface area contributed by atoms with E-state index in [9.17, 15) is 22.0 Å². The molecule has 0 aromatic heterocycles. The smallest absolute Gasteiger partial charge is 0.288 e. The first-order chi connectivity index (χ1) is 8.71. The molecule has 1 N–H and O–H groups in total. The summed E-state index contributed by atoms with van der Waals surface area (Å²) < 4.78 is 47.2. The van der Waals surface area contributed by atoms with Crippen molar-refractivity contribution in [3.63, 3.8) is 0 Å². The second kappa shape index (κ2) is 6.33. The molecule has 0 saturated heterocycles. The van der Waals surface area contributed by atoms with Crippen molar-refractivity contribution in [1.29, 1.82) is 0 Å². The number of hydrogen-bond donors (Lipinski definition) is 1. The van der Waals surface area contributed by atoms with Crippen LogP contribution in [0.4, 0.5) is 14.5 Å². The Labute approximate surface area is 114 Å². The zero-order valence-corrected chi connectivity index (χ0v) is 11.9. The average molecular weight is 309 g/mol. The summed E-state index contributed by atoms with van der Waals surface area (Å²) in [6, 6.07) is 5.99. The van der Waals surface area contributed by atoms with Gasteiger partial charge in [0.15, 0.2) is 9.84 Å². The summed E-state index contributed by atoms with van der Waals surface area (Å²) in [6.07, 6.45) is 0.942. The van der Waals surface area contributed by atoms with Crippen LogP contribution in [0.15, 0.2) is 29.2 Å². The van der Waals surface area contributed by atoms with Gasteiger partial charge in [-0.05, 0) is 19.1 Å². The molecule has 1 rings (SSSR count). The predicted molar refractivity (Wildman–Crippen MR) is 71.2 cm³/mol. The number of rotatable bonds is 5. The summed E-state index contributed by atoms with van der Waals surface area (Å²) in [6.45, 7) is 1.24. The second-order valence-electron chi connectivity index (χ2n) is 3.84. The molecule has 0 aliphatic rings. The van der Waals surface area contributed by atoms with E-state index in [0.29, 0.717) is 0 Å². The van der Waals surface area contributed by atoms with Gasteiger partial charge in [0, 0.05) is 11.2 Å². The Morgan fingerprint density at radius 2 is 1.89 bits per heavy atom. The Morgan fingerprint density at radius 3 is 2.42 bits per heavy atom. The minimum atomic E-state index is -3.53. The van der Waals surface area contributed by atoms with Crippen LogP contribution in [-0.2, 0) is 14.6 Å². The third-order valence-corrected chi connectivity index (χ3v) is 4.66. The first kappa shape index (κ1) is 15.9. The Bertz CT molecular complexity index is 561. The normalized spacial score (nSPS) is 13.3. The standard InChI is InChI=1S/C11H13F2NO3S2/c1-7(19(2,16)17)10(15)14-8-5-3-4-6-9(8)18-11(12)13/h3-7,11H,1-2H3,(H,14,15)/t7-/m1/s1. The molecule has 1 aromatic carbocycles. The number of thioether (sulfide) groups is 1. The summed E-state index contributed by atoms with van der Waals surface area (Å²) in [7, 11) is -3.53. The molecule has 0 heterocycles. The molecule has 1 aromatic rings. The Kier molecular flexibility index (Phi) is 5.30. The number of anilines is 1. The number of carbonyl (C=O) groups is 1. The van der Waals surface area contributed by atoms with Gasteiger partial charge in [0.25, 0.3) is 5.76 Å². The van der Waals surface area contributed by atoms with Crippen LogP contribution in [0.3, 0.4) is 0 Å². The maximum Gasteiger partial charge on any atom is 0.288 e. The lowest BCUT2D eigenvalue weighted by Crippen LogP contribution is -2.31. The van der Waals surface area contributed by atoms with Crippen molar-refractivity contribution in [3.05, 3.63) is 24.3 Å².